The van der Waals surface area contributed by atoms with Crippen molar-refractivity contribution in [2.75, 3.05) is 13.7 Å². The first-order valence-electron chi connectivity index (χ1n) is 6.79. The van der Waals surface area contributed by atoms with Crippen molar-refractivity contribution in [2.45, 2.75) is 39.2 Å². The second-order valence-corrected chi connectivity index (χ2v) is 5.22. The highest BCUT2D eigenvalue weighted by molar-refractivity contribution is 7.71. The maximum absolute atomic E-state index is 5.48. The molecule has 2 aromatic heterocycles. The van der Waals surface area contributed by atoms with Crippen LogP contribution in [-0.4, -0.2) is 33.0 Å². The number of nitrogens with one attached hydrogen (secondary N) is 1. The number of aromatic nitrogens is 4. The van der Waals surface area contributed by atoms with Gasteiger partial charge < -0.3 is 9.72 Å². The lowest BCUT2D eigenvalue weighted by molar-refractivity contribution is 0.153. The third-order valence-electron chi connectivity index (χ3n) is 3.45. The topological polar surface area (TPSA) is 47.8 Å². The number of imidazole rings is 1. The Morgan fingerprint density at radius 3 is 2.74 bits per heavy atom. The summed E-state index contributed by atoms with van der Waals surface area (Å²) in [5, 5.41) is 4.60. The van der Waals surface area contributed by atoms with Crippen LogP contribution in [0.4, 0.5) is 0 Å². The minimum atomic E-state index is 0.246. The van der Waals surface area contributed by atoms with Crippen LogP contribution in [0, 0.1) is 4.77 Å². The number of aromatic amines is 1. The van der Waals surface area contributed by atoms with Gasteiger partial charge in [-0.1, -0.05) is 20.3 Å². The molecule has 0 bridgehead atoms. The average molecular weight is 282 g/mol. The number of fused-ring (bicyclic) bond motifs is 1. The fraction of sp³-hybridized carbons (Fsp3) is 0.692. The van der Waals surface area contributed by atoms with E-state index in [4.69, 9.17) is 17.0 Å². The molecule has 2 rings (SSSR count). The lowest BCUT2D eigenvalue weighted by atomic mass is 10.2. The van der Waals surface area contributed by atoms with E-state index in [2.05, 4.69) is 28.5 Å². The molecule has 0 aliphatic carbocycles. The molecule has 1 unspecified atom stereocenters. The fourth-order valence-corrected chi connectivity index (χ4v) is 2.89. The van der Waals surface area contributed by atoms with E-state index < -0.39 is 0 Å². The van der Waals surface area contributed by atoms with Crippen molar-refractivity contribution in [3.05, 3.63) is 10.5 Å². The number of rotatable bonds is 6. The molecule has 1 atom stereocenters. The Hall–Kier alpha value is -1.14. The number of H-pyrrole nitrogens is 1. The van der Waals surface area contributed by atoms with Gasteiger partial charge in [0.05, 0.1) is 18.3 Å². The van der Waals surface area contributed by atoms with Crippen LogP contribution in [0.25, 0.3) is 11.2 Å². The Kier molecular flexibility index (Phi) is 4.42. The highest BCUT2D eigenvalue weighted by Gasteiger charge is 2.19. The Morgan fingerprint density at radius 1 is 1.42 bits per heavy atom. The third-order valence-corrected chi connectivity index (χ3v) is 3.75. The molecule has 5 nitrogen and oxygen atoms in total. The molecule has 106 valence electrons. The zero-order valence-electron chi connectivity index (χ0n) is 12.1. The molecule has 19 heavy (non-hydrogen) atoms. The van der Waals surface area contributed by atoms with E-state index >= 15 is 0 Å². The van der Waals surface area contributed by atoms with Crippen LogP contribution in [0.15, 0.2) is 0 Å². The van der Waals surface area contributed by atoms with E-state index in [0.29, 0.717) is 6.61 Å². The molecule has 0 aliphatic heterocycles. The van der Waals surface area contributed by atoms with Crippen LogP contribution in [0.3, 0.4) is 0 Å². The molecule has 0 amide bonds. The standard InChI is InChI=1S/C13H22N4OS/c1-5-7-10-11-12(16(3)15-10)17(13(19)14-11)9(6-2)8-18-4/h9H,5-8H2,1-4H3,(H,14,19). The molecular weight excluding hydrogens is 260 g/mol. The van der Waals surface area contributed by atoms with Crippen molar-refractivity contribution in [1.29, 1.82) is 0 Å². The van der Waals surface area contributed by atoms with E-state index in [0.717, 1.165) is 40.9 Å². The highest BCUT2D eigenvalue weighted by atomic mass is 32.1. The smallest absolute Gasteiger partial charge is 0.179 e. The van der Waals surface area contributed by atoms with Gasteiger partial charge in [0.25, 0.3) is 0 Å². The van der Waals surface area contributed by atoms with Gasteiger partial charge in [-0.25, -0.2) is 0 Å². The van der Waals surface area contributed by atoms with Crippen molar-refractivity contribution in [3.63, 3.8) is 0 Å². The normalized spacial score (nSPS) is 13.3. The summed E-state index contributed by atoms with van der Waals surface area (Å²) in [6.45, 7) is 4.96. The van der Waals surface area contributed by atoms with Gasteiger partial charge in [0.15, 0.2) is 10.4 Å². The molecule has 0 saturated heterocycles. The van der Waals surface area contributed by atoms with Crippen molar-refractivity contribution < 1.29 is 4.74 Å². The van der Waals surface area contributed by atoms with Gasteiger partial charge in [0.2, 0.25) is 0 Å². The van der Waals surface area contributed by atoms with E-state index in [9.17, 15) is 0 Å². The number of hydrogen-bond acceptors (Lipinski definition) is 3. The Morgan fingerprint density at radius 2 is 2.16 bits per heavy atom. The van der Waals surface area contributed by atoms with Gasteiger partial charge in [0.1, 0.15) is 5.52 Å². The van der Waals surface area contributed by atoms with Gasteiger partial charge >= 0.3 is 0 Å². The van der Waals surface area contributed by atoms with Crippen molar-refractivity contribution >= 4 is 23.4 Å². The maximum Gasteiger partial charge on any atom is 0.179 e. The largest absolute Gasteiger partial charge is 0.383 e. The molecule has 1 N–H and O–H groups in total. The van der Waals surface area contributed by atoms with E-state index in [1.165, 1.54) is 0 Å². The third kappa shape index (κ3) is 2.47. The SMILES string of the molecule is CCCc1nn(C)c2c1[nH]c(=S)n2C(CC)COC. The van der Waals surface area contributed by atoms with Crippen LogP contribution in [-0.2, 0) is 18.2 Å². The first kappa shape index (κ1) is 14.3. The number of nitrogens with zero attached hydrogens (tertiary/aromatic N) is 3. The Labute approximate surface area is 118 Å². The average Bonchev–Trinajstić information content (AvgIpc) is 2.86. The Bertz CT molecular complexity index is 610. The van der Waals surface area contributed by atoms with Gasteiger partial charge in [-0.05, 0) is 25.1 Å². The first-order chi connectivity index (χ1) is 9.13. The van der Waals surface area contributed by atoms with Gasteiger partial charge in [-0.3, -0.25) is 9.25 Å². The molecule has 0 saturated carbocycles. The zero-order valence-corrected chi connectivity index (χ0v) is 12.9. The van der Waals surface area contributed by atoms with Crippen LogP contribution in [0.2, 0.25) is 0 Å². The highest BCUT2D eigenvalue weighted by Crippen LogP contribution is 2.24. The molecule has 0 spiro atoms. The minimum Gasteiger partial charge on any atom is -0.383 e. The van der Waals surface area contributed by atoms with Crippen molar-refractivity contribution in [3.8, 4) is 0 Å². The van der Waals surface area contributed by atoms with Gasteiger partial charge in [-0.2, -0.15) is 5.10 Å². The van der Waals surface area contributed by atoms with Gasteiger partial charge in [-0.15, -0.1) is 0 Å². The second kappa shape index (κ2) is 5.88. The number of ether oxygens (including phenoxy) is 1. The van der Waals surface area contributed by atoms with E-state index in [-0.39, 0.29) is 6.04 Å². The first-order valence-corrected chi connectivity index (χ1v) is 7.19. The molecular formula is C13H22N4OS. The number of hydrogen-bond donors (Lipinski definition) is 1. The predicted octanol–water partition coefficient (Wildman–Crippen LogP) is 2.98. The summed E-state index contributed by atoms with van der Waals surface area (Å²) in [4.78, 5) is 3.31. The van der Waals surface area contributed by atoms with E-state index in [1.54, 1.807) is 7.11 Å². The van der Waals surface area contributed by atoms with Crippen molar-refractivity contribution in [2.24, 2.45) is 7.05 Å². The van der Waals surface area contributed by atoms with Crippen molar-refractivity contribution in [1.82, 2.24) is 19.3 Å². The molecule has 0 radical (unpaired) electrons. The summed E-state index contributed by atoms with van der Waals surface area (Å²) < 4.78 is 10.1. The second-order valence-electron chi connectivity index (χ2n) is 4.84. The lowest BCUT2D eigenvalue weighted by Gasteiger charge is -2.16. The summed E-state index contributed by atoms with van der Waals surface area (Å²) in [6.07, 6.45) is 3.02. The summed E-state index contributed by atoms with van der Waals surface area (Å²) in [7, 11) is 3.70. The number of aryl methyl sites for hydroxylation is 2. The Balaban J connectivity index is 2.61. The predicted molar refractivity (Wildman–Crippen MR) is 79.1 cm³/mol. The molecule has 2 aromatic rings. The molecule has 0 aromatic carbocycles. The lowest BCUT2D eigenvalue weighted by Crippen LogP contribution is -2.15. The maximum atomic E-state index is 5.48. The minimum absolute atomic E-state index is 0.246. The van der Waals surface area contributed by atoms with Crippen LogP contribution in [0.1, 0.15) is 38.4 Å². The molecule has 0 fully saturated rings. The summed E-state index contributed by atoms with van der Waals surface area (Å²) in [5.41, 5.74) is 3.23. The zero-order chi connectivity index (χ0) is 14.0. The molecule has 2 heterocycles. The number of methoxy groups -OCH3 is 1. The summed E-state index contributed by atoms with van der Waals surface area (Å²) >= 11 is 5.48. The van der Waals surface area contributed by atoms with E-state index in [1.807, 2.05) is 11.7 Å². The summed E-state index contributed by atoms with van der Waals surface area (Å²) in [5.74, 6) is 0. The molecule has 6 heteroatoms. The quantitative estimate of drug-likeness (QED) is 0.829. The molecule has 0 aliphatic rings. The monoisotopic (exact) mass is 282 g/mol. The fourth-order valence-electron chi connectivity index (χ4n) is 2.55. The summed E-state index contributed by atoms with van der Waals surface area (Å²) in [6, 6.07) is 0.246. The van der Waals surface area contributed by atoms with Crippen LogP contribution < -0.4 is 0 Å². The van der Waals surface area contributed by atoms with Crippen LogP contribution >= 0.6 is 12.2 Å². The van der Waals surface area contributed by atoms with Gasteiger partial charge in [0, 0.05) is 14.2 Å². The van der Waals surface area contributed by atoms with Crippen LogP contribution in [0.5, 0.6) is 0 Å².